The Morgan fingerprint density at radius 2 is 2.00 bits per heavy atom. The number of hydrogen-bond acceptors (Lipinski definition) is 4. The number of benzene rings is 1. The molecule has 1 N–H and O–H groups in total. The highest BCUT2D eigenvalue weighted by Crippen LogP contribution is 2.33. The van der Waals surface area contributed by atoms with Gasteiger partial charge < -0.3 is 14.8 Å². The number of hydrogen-bond donors (Lipinski definition) is 1. The molecule has 1 aromatic carbocycles. The van der Waals surface area contributed by atoms with E-state index in [0.29, 0.717) is 23.8 Å². The second kappa shape index (κ2) is 10.0. The summed E-state index contributed by atoms with van der Waals surface area (Å²) in [6, 6.07) is 7.36. The minimum atomic E-state index is -0.569. The zero-order chi connectivity index (χ0) is 21.7. The van der Waals surface area contributed by atoms with E-state index in [1.165, 1.54) is 32.1 Å². The standard InChI is InChI=1S/C24H34ClNO4/c1-24(2,3)30-23(28)26-20(14-16-8-5-4-6-9-16)21-15-18(22(27)29-21)12-17-10-7-11-19(25)13-17/h7,10-11,13,16,18,20-21H,4-6,8-9,12,14-15H2,1-3H3,(H,26,28)/t18-,20+,21+/m1/s1. The van der Waals surface area contributed by atoms with E-state index >= 15 is 0 Å². The van der Waals surface area contributed by atoms with Crippen LogP contribution in [0.2, 0.25) is 5.02 Å². The monoisotopic (exact) mass is 435 g/mol. The molecule has 30 heavy (non-hydrogen) atoms. The quantitative estimate of drug-likeness (QED) is 0.584. The Balaban J connectivity index is 1.66. The number of alkyl carbamates (subject to hydrolysis) is 1. The molecule has 1 aromatic rings. The molecule has 5 nitrogen and oxygen atoms in total. The summed E-state index contributed by atoms with van der Waals surface area (Å²) in [4.78, 5) is 25.1. The first-order valence-corrected chi connectivity index (χ1v) is 11.5. The van der Waals surface area contributed by atoms with Crippen molar-refractivity contribution in [2.45, 2.75) is 89.9 Å². The average Bonchev–Trinajstić information content (AvgIpc) is 3.01. The van der Waals surface area contributed by atoms with Gasteiger partial charge in [-0.3, -0.25) is 4.79 Å². The van der Waals surface area contributed by atoms with Gasteiger partial charge >= 0.3 is 12.1 Å². The van der Waals surface area contributed by atoms with Crippen LogP contribution in [0.1, 0.15) is 71.3 Å². The Kier molecular flexibility index (Phi) is 7.67. The molecule has 0 unspecified atom stereocenters. The van der Waals surface area contributed by atoms with Gasteiger partial charge in [-0.05, 0) is 63.6 Å². The fourth-order valence-corrected chi connectivity index (χ4v) is 4.79. The molecule has 2 aliphatic rings. The Morgan fingerprint density at radius 1 is 1.27 bits per heavy atom. The van der Waals surface area contributed by atoms with Crippen LogP contribution in [0.25, 0.3) is 0 Å². The van der Waals surface area contributed by atoms with Gasteiger partial charge in [-0.1, -0.05) is 55.8 Å². The predicted molar refractivity (Wildman–Crippen MR) is 117 cm³/mol. The van der Waals surface area contributed by atoms with Gasteiger partial charge in [0.25, 0.3) is 0 Å². The molecule has 0 bridgehead atoms. The van der Waals surface area contributed by atoms with Crippen molar-refractivity contribution in [3.8, 4) is 0 Å². The number of rotatable bonds is 6. The van der Waals surface area contributed by atoms with Crippen molar-refractivity contribution in [2.75, 3.05) is 0 Å². The van der Waals surface area contributed by atoms with Crippen LogP contribution in [-0.4, -0.2) is 29.8 Å². The maximum atomic E-state index is 12.6. The van der Waals surface area contributed by atoms with Gasteiger partial charge in [0.15, 0.2) is 0 Å². The molecule has 6 heteroatoms. The van der Waals surface area contributed by atoms with Gasteiger partial charge in [-0.15, -0.1) is 0 Å². The minimum absolute atomic E-state index is 0.195. The highest BCUT2D eigenvalue weighted by molar-refractivity contribution is 6.30. The Hall–Kier alpha value is -1.75. The van der Waals surface area contributed by atoms with Crippen LogP contribution in [0, 0.1) is 11.8 Å². The molecule has 0 spiro atoms. The molecule has 166 valence electrons. The second-order valence-electron chi connectivity index (χ2n) is 9.73. The lowest BCUT2D eigenvalue weighted by Crippen LogP contribution is -2.46. The van der Waals surface area contributed by atoms with Gasteiger partial charge in [0.05, 0.1) is 12.0 Å². The third kappa shape index (κ3) is 6.90. The first-order chi connectivity index (χ1) is 14.2. The van der Waals surface area contributed by atoms with E-state index in [1.807, 2.05) is 45.0 Å². The molecule has 1 saturated heterocycles. The van der Waals surface area contributed by atoms with Gasteiger partial charge in [0, 0.05) is 5.02 Å². The maximum Gasteiger partial charge on any atom is 0.408 e. The van der Waals surface area contributed by atoms with Crippen molar-refractivity contribution in [2.24, 2.45) is 11.8 Å². The highest BCUT2D eigenvalue weighted by Gasteiger charge is 2.40. The summed E-state index contributed by atoms with van der Waals surface area (Å²) >= 11 is 6.09. The lowest BCUT2D eigenvalue weighted by molar-refractivity contribution is -0.145. The number of amides is 1. The molecule has 2 fully saturated rings. The van der Waals surface area contributed by atoms with E-state index in [-0.39, 0.29) is 24.0 Å². The number of cyclic esters (lactones) is 1. The van der Waals surface area contributed by atoms with Crippen molar-refractivity contribution in [3.05, 3.63) is 34.9 Å². The van der Waals surface area contributed by atoms with E-state index in [9.17, 15) is 9.59 Å². The largest absolute Gasteiger partial charge is 0.460 e. The zero-order valence-corrected chi connectivity index (χ0v) is 19.0. The van der Waals surface area contributed by atoms with Crippen molar-refractivity contribution in [1.82, 2.24) is 5.32 Å². The third-order valence-electron chi connectivity index (χ3n) is 5.95. The molecule has 1 aliphatic carbocycles. The van der Waals surface area contributed by atoms with E-state index in [4.69, 9.17) is 21.1 Å². The third-order valence-corrected chi connectivity index (χ3v) is 6.19. The van der Waals surface area contributed by atoms with Crippen molar-refractivity contribution in [3.63, 3.8) is 0 Å². The Morgan fingerprint density at radius 3 is 2.67 bits per heavy atom. The summed E-state index contributed by atoms with van der Waals surface area (Å²) in [6.45, 7) is 5.54. The average molecular weight is 436 g/mol. The fraction of sp³-hybridized carbons (Fsp3) is 0.667. The molecular formula is C24H34ClNO4. The van der Waals surface area contributed by atoms with Crippen LogP contribution in [0.3, 0.4) is 0 Å². The van der Waals surface area contributed by atoms with Crippen molar-refractivity contribution >= 4 is 23.7 Å². The Labute approximate surface area is 184 Å². The molecule has 3 atom stereocenters. The first-order valence-electron chi connectivity index (χ1n) is 11.1. The topological polar surface area (TPSA) is 64.6 Å². The number of ether oxygens (including phenoxy) is 2. The van der Waals surface area contributed by atoms with E-state index in [1.54, 1.807) is 0 Å². The van der Waals surface area contributed by atoms with Crippen LogP contribution >= 0.6 is 11.6 Å². The summed E-state index contributed by atoms with van der Waals surface area (Å²) in [5.74, 6) is 0.131. The molecule has 1 amide bonds. The molecular weight excluding hydrogens is 402 g/mol. The fourth-order valence-electron chi connectivity index (χ4n) is 4.58. The van der Waals surface area contributed by atoms with E-state index < -0.39 is 11.7 Å². The predicted octanol–water partition coefficient (Wildman–Crippen LogP) is 5.68. The van der Waals surface area contributed by atoms with Gasteiger partial charge in [-0.25, -0.2) is 4.79 Å². The number of carbonyl (C=O) groups is 2. The van der Waals surface area contributed by atoms with E-state index in [0.717, 1.165) is 12.0 Å². The molecule has 3 rings (SSSR count). The second-order valence-corrected chi connectivity index (χ2v) is 10.2. The number of esters is 1. The zero-order valence-electron chi connectivity index (χ0n) is 18.3. The normalized spacial score (nSPS) is 23.7. The smallest absolute Gasteiger partial charge is 0.408 e. The molecule has 0 aromatic heterocycles. The van der Waals surface area contributed by atoms with Crippen LogP contribution in [0.4, 0.5) is 4.79 Å². The van der Waals surface area contributed by atoms with Gasteiger partial charge in [-0.2, -0.15) is 0 Å². The summed E-state index contributed by atoms with van der Waals surface area (Å²) < 4.78 is 11.2. The SMILES string of the molecule is CC(C)(C)OC(=O)N[C@@H](CC1CCCCC1)[C@@H]1C[C@@H](Cc2cccc(Cl)c2)C(=O)O1. The van der Waals surface area contributed by atoms with Gasteiger partial charge in [0.1, 0.15) is 11.7 Å². The summed E-state index contributed by atoms with van der Waals surface area (Å²) in [6.07, 6.45) is 7.31. The summed E-state index contributed by atoms with van der Waals surface area (Å²) in [5, 5.41) is 3.68. The first kappa shape index (κ1) is 22.9. The number of halogens is 1. The maximum absolute atomic E-state index is 12.6. The highest BCUT2D eigenvalue weighted by atomic mass is 35.5. The van der Waals surface area contributed by atoms with Crippen LogP contribution in [0.15, 0.2) is 24.3 Å². The summed E-state index contributed by atoms with van der Waals surface area (Å²) in [7, 11) is 0. The molecule has 1 aliphatic heterocycles. The minimum Gasteiger partial charge on any atom is -0.460 e. The lowest BCUT2D eigenvalue weighted by atomic mass is 9.82. The lowest BCUT2D eigenvalue weighted by Gasteiger charge is -2.30. The Bertz CT molecular complexity index is 739. The number of carbonyl (C=O) groups excluding carboxylic acids is 2. The van der Waals surface area contributed by atoms with Crippen molar-refractivity contribution in [1.29, 1.82) is 0 Å². The molecule has 1 saturated carbocycles. The molecule has 0 radical (unpaired) electrons. The molecule has 1 heterocycles. The number of nitrogens with one attached hydrogen (secondary N) is 1. The van der Waals surface area contributed by atoms with Crippen LogP contribution < -0.4 is 5.32 Å². The van der Waals surface area contributed by atoms with Gasteiger partial charge in [0.2, 0.25) is 0 Å². The van der Waals surface area contributed by atoms with Crippen molar-refractivity contribution < 1.29 is 19.1 Å². The van der Waals surface area contributed by atoms with Crippen LogP contribution in [-0.2, 0) is 20.7 Å². The summed E-state index contributed by atoms with van der Waals surface area (Å²) in [5.41, 5.74) is 0.454. The van der Waals surface area contributed by atoms with Crippen LogP contribution in [0.5, 0.6) is 0 Å². The van der Waals surface area contributed by atoms with E-state index in [2.05, 4.69) is 5.32 Å².